The smallest absolute Gasteiger partial charge is 0.338 e. The van der Waals surface area contributed by atoms with E-state index in [0.717, 1.165) is 15.8 Å². The van der Waals surface area contributed by atoms with Gasteiger partial charge in [0.2, 0.25) is 5.91 Å². The fourth-order valence-corrected chi connectivity index (χ4v) is 5.41. The summed E-state index contributed by atoms with van der Waals surface area (Å²) in [5, 5.41) is 0. The van der Waals surface area contributed by atoms with E-state index in [4.69, 9.17) is 4.74 Å². The zero-order chi connectivity index (χ0) is 22.6. The van der Waals surface area contributed by atoms with Crippen molar-refractivity contribution in [2.75, 3.05) is 12.4 Å². The molecule has 0 aliphatic carbocycles. The summed E-state index contributed by atoms with van der Waals surface area (Å²) in [6, 6.07) is 11.8. The third-order valence-corrected chi connectivity index (χ3v) is 7.64. The van der Waals surface area contributed by atoms with Gasteiger partial charge >= 0.3 is 5.97 Å². The summed E-state index contributed by atoms with van der Waals surface area (Å²) in [6.07, 6.45) is 0.230. The maximum Gasteiger partial charge on any atom is 0.338 e. The van der Waals surface area contributed by atoms with Gasteiger partial charge in [0.25, 0.3) is 0 Å². The van der Waals surface area contributed by atoms with Gasteiger partial charge in [0, 0.05) is 13.5 Å². The van der Waals surface area contributed by atoms with E-state index >= 15 is 0 Å². The molecule has 9 heteroatoms. The number of amides is 1. The monoisotopic (exact) mass is 460 g/mol. The number of hydrogen-bond acceptors (Lipinski definition) is 6. The Morgan fingerprint density at radius 2 is 1.84 bits per heavy atom. The van der Waals surface area contributed by atoms with Crippen LogP contribution in [0.5, 0.6) is 0 Å². The van der Waals surface area contributed by atoms with Crippen LogP contribution in [-0.4, -0.2) is 37.2 Å². The minimum absolute atomic E-state index is 0.0351. The lowest BCUT2D eigenvalue weighted by Crippen LogP contribution is -2.14. The molecule has 0 aliphatic heterocycles. The first-order chi connectivity index (χ1) is 14.7. The highest BCUT2D eigenvalue weighted by Crippen LogP contribution is 2.19. The SMILES string of the molecule is CCOC(=O)c1ccc2c(c1)sc(=NC(=O)CCCS(=O)(=O)c1ccc(C)cc1)n2C. The Morgan fingerprint density at radius 1 is 1.13 bits per heavy atom. The van der Waals surface area contributed by atoms with Crippen LogP contribution in [0.15, 0.2) is 52.4 Å². The topological polar surface area (TPSA) is 94.8 Å². The Kier molecular flexibility index (Phi) is 7.07. The van der Waals surface area contributed by atoms with Crippen molar-refractivity contribution < 1.29 is 22.7 Å². The molecule has 164 valence electrons. The van der Waals surface area contributed by atoms with Gasteiger partial charge in [-0.05, 0) is 50.6 Å². The molecule has 0 fully saturated rings. The number of rotatable bonds is 7. The molecule has 31 heavy (non-hydrogen) atoms. The van der Waals surface area contributed by atoms with Gasteiger partial charge in [0.05, 0.1) is 33.0 Å². The van der Waals surface area contributed by atoms with Crippen LogP contribution in [-0.2, 0) is 26.4 Å². The molecule has 1 amide bonds. The van der Waals surface area contributed by atoms with Crippen LogP contribution in [0.2, 0.25) is 0 Å². The summed E-state index contributed by atoms with van der Waals surface area (Å²) in [6.45, 7) is 3.93. The highest BCUT2D eigenvalue weighted by Gasteiger charge is 2.15. The summed E-state index contributed by atoms with van der Waals surface area (Å²) in [4.78, 5) is 29.1. The largest absolute Gasteiger partial charge is 0.462 e. The van der Waals surface area contributed by atoms with Crippen molar-refractivity contribution in [1.29, 1.82) is 0 Å². The fraction of sp³-hybridized carbons (Fsp3) is 0.318. The van der Waals surface area contributed by atoms with Crippen molar-refractivity contribution in [3.63, 3.8) is 0 Å². The molecule has 1 aromatic heterocycles. The van der Waals surface area contributed by atoms with Gasteiger partial charge in [-0.15, -0.1) is 0 Å². The minimum Gasteiger partial charge on any atom is -0.462 e. The quantitative estimate of drug-likeness (QED) is 0.504. The number of sulfone groups is 1. The number of fused-ring (bicyclic) bond motifs is 1. The molecule has 0 aliphatic rings. The number of carbonyl (C=O) groups excluding carboxylic acids is 2. The van der Waals surface area contributed by atoms with Crippen LogP contribution < -0.4 is 4.80 Å². The number of aryl methyl sites for hydroxylation is 2. The van der Waals surface area contributed by atoms with Gasteiger partial charge in [-0.2, -0.15) is 4.99 Å². The van der Waals surface area contributed by atoms with Crippen molar-refractivity contribution in [3.05, 3.63) is 58.4 Å². The molecule has 0 atom stereocenters. The Morgan fingerprint density at radius 3 is 2.52 bits per heavy atom. The van der Waals surface area contributed by atoms with Crippen LogP contribution in [0.25, 0.3) is 10.2 Å². The average Bonchev–Trinajstić information content (AvgIpc) is 3.03. The number of carbonyl (C=O) groups is 2. The first kappa shape index (κ1) is 22.9. The van der Waals surface area contributed by atoms with Gasteiger partial charge in [0.15, 0.2) is 14.6 Å². The second-order valence-corrected chi connectivity index (χ2v) is 10.2. The second kappa shape index (κ2) is 9.57. The third-order valence-electron chi connectivity index (χ3n) is 4.72. The average molecular weight is 461 g/mol. The summed E-state index contributed by atoms with van der Waals surface area (Å²) in [5.74, 6) is -0.893. The van der Waals surface area contributed by atoms with E-state index in [-0.39, 0.29) is 29.4 Å². The Balaban J connectivity index is 1.71. The zero-order valence-corrected chi connectivity index (χ0v) is 19.3. The van der Waals surface area contributed by atoms with Gasteiger partial charge < -0.3 is 9.30 Å². The van der Waals surface area contributed by atoms with Gasteiger partial charge in [-0.25, -0.2) is 13.2 Å². The van der Waals surface area contributed by atoms with Crippen molar-refractivity contribution >= 4 is 43.3 Å². The Bertz CT molecular complexity index is 1290. The lowest BCUT2D eigenvalue weighted by atomic mass is 10.2. The number of aromatic nitrogens is 1. The number of hydrogen-bond donors (Lipinski definition) is 0. The molecule has 0 radical (unpaired) electrons. The van der Waals surface area contributed by atoms with Crippen LogP contribution in [0, 0.1) is 6.92 Å². The van der Waals surface area contributed by atoms with E-state index in [9.17, 15) is 18.0 Å². The summed E-state index contributed by atoms with van der Waals surface area (Å²) >= 11 is 1.29. The lowest BCUT2D eigenvalue weighted by Gasteiger charge is -2.04. The van der Waals surface area contributed by atoms with Crippen molar-refractivity contribution in [3.8, 4) is 0 Å². The van der Waals surface area contributed by atoms with E-state index in [1.807, 2.05) is 6.92 Å². The predicted octanol–water partition coefficient (Wildman–Crippen LogP) is 3.41. The van der Waals surface area contributed by atoms with Gasteiger partial charge in [-0.1, -0.05) is 29.0 Å². The molecule has 3 aromatic rings. The fourth-order valence-electron chi connectivity index (χ4n) is 3.02. The van der Waals surface area contributed by atoms with E-state index in [0.29, 0.717) is 17.0 Å². The predicted molar refractivity (Wildman–Crippen MR) is 120 cm³/mol. The molecule has 0 bridgehead atoms. The standard InChI is InChI=1S/C22H24N2O5S2/c1-4-29-21(26)16-9-12-18-19(14-16)30-22(24(18)3)23-20(25)6-5-13-31(27,28)17-10-7-15(2)8-11-17/h7-12,14H,4-6,13H2,1-3H3. The maximum absolute atomic E-state index is 12.4. The molecule has 0 saturated carbocycles. The highest BCUT2D eigenvalue weighted by atomic mass is 32.2. The Hall–Kier alpha value is -2.78. The Labute approximate surface area is 184 Å². The minimum atomic E-state index is -3.43. The van der Waals surface area contributed by atoms with Crippen molar-refractivity contribution in [1.82, 2.24) is 4.57 Å². The molecule has 0 unspecified atom stereocenters. The number of nitrogens with zero attached hydrogens (tertiary/aromatic N) is 2. The van der Waals surface area contributed by atoms with E-state index in [1.165, 1.54) is 11.3 Å². The van der Waals surface area contributed by atoms with Crippen molar-refractivity contribution in [2.45, 2.75) is 31.6 Å². The van der Waals surface area contributed by atoms with E-state index < -0.39 is 15.8 Å². The molecule has 7 nitrogen and oxygen atoms in total. The summed E-state index contributed by atoms with van der Waals surface area (Å²) in [5.41, 5.74) is 2.26. The second-order valence-electron chi connectivity index (χ2n) is 7.09. The number of thiazole rings is 1. The summed E-state index contributed by atoms with van der Waals surface area (Å²) < 4.78 is 32.4. The van der Waals surface area contributed by atoms with Gasteiger partial charge in [-0.3, -0.25) is 4.79 Å². The highest BCUT2D eigenvalue weighted by molar-refractivity contribution is 7.91. The van der Waals surface area contributed by atoms with Crippen LogP contribution in [0.3, 0.4) is 0 Å². The number of esters is 1. The molecule has 0 spiro atoms. The number of ether oxygens (including phenoxy) is 1. The maximum atomic E-state index is 12.4. The lowest BCUT2D eigenvalue weighted by molar-refractivity contribution is -0.118. The third kappa shape index (κ3) is 5.48. The van der Waals surface area contributed by atoms with Gasteiger partial charge in [0.1, 0.15) is 0 Å². The van der Waals surface area contributed by atoms with Crippen LogP contribution >= 0.6 is 11.3 Å². The molecular formula is C22H24N2O5S2. The van der Waals surface area contributed by atoms with E-state index in [2.05, 4.69) is 4.99 Å². The normalized spacial score (nSPS) is 12.3. The first-order valence-corrected chi connectivity index (χ1v) is 12.3. The summed E-state index contributed by atoms with van der Waals surface area (Å²) in [7, 11) is -1.64. The molecule has 2 aromatic carbocycles. The molecule has 0 N–H and O–H groups in total. The van der Waals surface area contributed by atoms with Crippen molar-refractivity contribution in [2.24, 2.45) is 12.0 Å². The first-order valence-electron chi connectivity index (χ1n) is 9.85. The molecule has 0 saturated heterocycles. The van der Waals surface area contributed by atoms with Crippen LogP contribution in [0.1, 0.15) is 35.7 Å². The zero-order valence-electron chi connectivity index (χ0n) is 17.6. The molecule has 1 heterocycles. The molecular weight excluding hydrogens is 436 g/mol. The number of benzene rings is 2. The molecule has 3 rings (SSSR count). The van der Waals surface area contributed by atoms with E-state index in [1.54, 1.807) is 61.0 Å². The van der Waals surface area contributed by atoms with Crippen LogP contribution in [0.4, 0.5) is 0 Å².